The van der Waals surface area contributed by atoms with E-state index in [4.69, 9.17) is 4.99 Å². The summed E-state index contributed by atoms with van der Waals surface area (Å²) in [6.45, 7) is 8.65. The highest BCUT2D eigenvalue weighted by Gasteiger charge is 2.20. The molecule has 0 spiro atoms. The van der Waals surface area contributed by atoms with Gasteiger partial charge in [-0.3, -0.25) is 14.5 Å². The number of carbonyl (C=O) groups excluding carboxylic acids is 1. The standard InChI is InChI=1S/C33H37FN6O2S/c1-7-20(2)26(17-23-19-38(4)14-15-39(23)5)35-28-18-27(37-40(6)33(28)42)24-12-13-25(34)31(21(24)3)36-32(41)30-16-22-10-8-9-11-29(22)43-30/h8-13,16-18,20H,7,14-15,19H2,1-6H3,(H,36,41)/b23-17+,35-26?. The van der Waals surface area contributed by atoms with Crippen LogP contribution in [0.3, 0.4) is 0 Å². The summed E-state index contributed by atoms with van der Waals surface area (Å²) in [5, 5.41) is 8.21. The highest BCUT2D eigenvalue weighted by Crippen LogP contribution is 2.32. The number of amides is 1. The number of aliphatic imine (C=N–C) groups is 1. The Balaban J connectivity index is 1.53. The maximum atomic E-state index is 15.1. The first-order chi connectivity index (χ1) is 20.5. The van der Waals surface area contributed by atoms with Crippen molar-refractivity contribution in [2.24, 2.45) is 18.0 Å². The minimum Gasteiger partial charge on any atom is -0.375 e. The Morgan fingerprint density at radius 2 is 1.93 bits per heavy atom. The summed E-state index contributed by atoms with van der Waals surface area (Å²) in [7, 11) is 5.75. The first-order valence-corrected chi connectivity index (χ1v) is 15.2. The van der Waals surface area contributed by atoms with Crippen LogP contribution in [0.25, 0.3) is 21.3 Å². The van der Waals surface area contributed by atoms with Crippen molar-refractivity contribution in [2.75, 3.05) is 39.0 Å². The number of anilines is 1. The van der Waals surface area contributed by atoms with Crippen LogP contribution in [-0.2, 0) is 7.05 Å². The molecule has 0 aliphatic carbocycles. The van der Waals surface area contributed by atoms with Crippen LogP contribution < -0.4 is 10.9 Å². The largest absolute Gasteiger partial charge is 0.375 e. The van der Waals surface area contributed by atoms with Gasteiger partial charge in [0.1, 0.15) is 11.5 Å². The molecule has 224 valence electrons. The summed E-state index contributed by atoms with van der Waals surface area (Å²) in [6.07, 6.45) is 2.95. The second-order valence-electron chi connectivity index (χ2n) is 11.2. The monoisotopic (exact) mass is 600 g/mol. The first-order valence-electron chi connectivity index (χ1n) is 14.4. The molecule has 0 radical (unpaired) electrons. The summed E-state index contributed by atoms with van der Waals surface area (Å²) in [6, 6.07) is 14.1. The Bertz CT molecular complexity index is 1770. The highest BCUT2D eigenvalue weighted by molar-refractivity contribution is 7.20. The molecule has 10 heteroatoms. The van der Waals surface area contributed by atoms with E-state index in [0.717, 1.165) is 47.5 Å². The van der Waals surface area contributed by atoms with E-state index in [1.54, 1.807) is 32.2 Å². The number of carbonyl (C=O) groups is 1. The van der Waals surface area contributed by atoms with Crippen molar-refractivity contribution >= 4 is 44.4 Å². The van der Waals surface area contributed by atoms with E-state index in [0.29, 0.717) is 21.7 Å². The van der Waals surface area contributed by atoms with Gasteiger partial charge in [0, 0.05) is 55.4 Å². The van der Waals surface area contributed by atoms with Crippen molar-refractivity contribution in [3.8, 4) is 11.3 Å². The molecule has 4 aromatic rings. The van der Waals surface area contributed by atoms with Crippen LogP contribution in [0.4, 0.5) is 15.8 Å². The lowest BCUT2D eigenvalue weighted by atomic mass is 10.0. The normalized spacial score (nSPS) is 16.2. The van der Waals surface area contributed by atoms with Gasteiger partial charge in [-0.25, -0.2) is 14.1 Å². The van der Waals surface area contributed by atoms with Crippen LogP contribution in [0.1, 0.15) is 35.5 Å². The third-order valence-electron chi connectivity index (χ3n) is 8.04. The van der Waals surface area contributed by atoms with E-state index >= 15 is 4.39 Å². The number of aryl methyl sites for hydroxylation is 1. The molecule has 1 atom stereocenters. The molecule has 2 aromatic carbocycles. The maximum Gasteiger partial charge on any atom is 0.292 e. The highest BCUT2D eigenvalue weighted by atomic mass is 32.1. The zero-order valence-electron chi connectivity index (χ0n) is 25.4. The molecule has 1 N–H and O–H groups in total. The van der Waals surface area contributed by atoms with Gasteiger partial charge in [-0.05, 0) is 73.7 Å². The number of halogens is 1. The molecule has 2 aromatic heterocycles. The fraction of sp³-hybridized carbons (Fsp3) is 0.333. The molecule has 1 fully saturated rings. The van der Waals surface area contributed by atoms with Gasteiger partial charge < -0.3 is 10.2 Å². The predicted molar refractivity (Wildman–Crippen MR) is 174 cm³/mol. The number of rotatable bonds is 7. The second kappa shape index (κ2) is 12.6. The average molecular weight is 601 g/mol. The van der Waals surface area contributed by atoms with E-state index in [9.17, 15) is 9.59 Å². The number of thiophene rings is 1. The van der Waals surface area contributed by atoms with Crippen molar-refractivity contribution in [1.29, 1.82) is 0 Å². The Morgan fingerprint density at radius 1 is 1.16 bits per heavy atom. The summed E-state index contributed by atoms with van der Waals surface area (Å²) in [5.74, 6) is -0.813. The first kappa shape index (κ1) is 30.3. The van der Waals surface area contributed by atoms with Gasteiger partial charge in [0.25, 0.3) is 11.5 Å². The zero-order valence-corrected chi connectivity index (χ0v) is 26.3. The van der Waals surface area contributed by atoms with Gasteiger partial charge >= 0.3 is 0 Å². The maximum absolute atomic E-state index is 15.1. The average Bonchev–Trinajstić information content (AvgIpc) is 3.43. The Hall–Kier alpha value is -4.15. The second-order valence-corrected chi connectivity index (χ2v) is 12.3. The zero-order chi connectivity index (χ0) is 30.8. The van der Waals surface area contributed by atoms with E-state index in [2.05, 4.69) is 54.2 Å². The third-order valence-corrected chi connectivity index (χ3v) is 9.16. The molecule has 1 aliphatic rings. The number of fused-ring (bicyclic) bond motifs is 1. The molecule has 1 saturated heterocycles. The number of allylic oxidation sites excluding steroid dienone is 1. The number of hydrogen-bond acceptors (Lipinski definition) is 7. The Morgan fingerprint density at radius 3 is 2.67 bits per heavy atom. The van der Waals surface area contributed by atoms with E-state index in [-0.39, 0.29) is 28.8 Å². The molecule has 3 heterocycles. The fourth-order valence-electron chi connectivity index (χ4n) is 5.08. The summed E-state index contributed by atoms with van der Waals surface area (Å²) >= 11 is 1.35. The summed E-state index contributed by atoms with van der Waals surface area (Å²) < 4.78 is 17.3. The fourth-order valence-corrected chi connectivity index (χ4v) is 6.04. The van der Waals surface area contributed by atoms with Crippen LogP contribution in [-0.4, -0.2) is 64.9 Å². The molecule has 43 heavy (non-hydrogen) atoms. The molecule has 0 saturated carbocycles. The minimum atomic E-state index is -0.550. The molecule has 1 unspecified atom stereocenters. The van der Waals surface area contributed by atoms with Gasteiger partial charge in [0.15, 0.2) is 0 Å². The number of nitrogens with zero attached hydrogens (tertiary/aromatic N) is 5. The number of aromatic nitrogens is 2. The lowest BCUT2D eigenvalue weighted by molar-refractivity contribution is 0.103. The van der Waals surface area contributed by atoms with Crippen molar-refractivity contribution < 1.29 is 9.18 Å². The van der Waals surface area contributed by atoms with Crippen LogP contribution in [0.5, 0.6) is 0 Å². The van der Waals surface area contributed by atoms with Crippen molar-refractivity contribution in [2.45, 2.75) is 27.2 Å². The van der Waals surface area contributed by atoms with E-state index < -0.39 is 5.82 Å². The number of benzene rings is 2. The van der Waals surface area contributed by atoms with E-state index in [1.807, 2.05) is 24.3 Å². The molecule has 8 nitrogen and oxygen atoms in total. The van der Waals surface area contributed by atoms with Crippen LogP contribution in [0.15, 0.2) is 70.1 Å². The molecule has 1 aliphatic heterocycles. The topological polar surface area (TPSA) is 82.8 Å². The van der Waals surface area contributed by atoms with Gasteiger partial charge in [-0.1, -0.05) is 32.0 Å². The number of nitrogens with one attached hydrogen (secondary N) is 1. The number of hydrogen-bond donors (Lipinski definition) is 1. The molecule has 0 bridgehead atoms. The quantitative estimate of drug-likeness (QED) is 0.254. The lowest BCUT2D eigenvalue weighted by Gasteiger charge is -2.34. The van der Waals surface area contributed by atoms with Crippen molar-refractivity contribution in [3.05, 3.63) is 86.9 Å². The van der Waals surface area contributed by atoms with Gasteiger partial charge in [0.05, 0.1) is 16.3 Å². The predicted octanol–water partition coefficient (Wildman–Crippen LogP) is 6.24. The van der Waals surface area contributed by atoms with Crippen LogP contribution in [0, 0.1) is 18.7 Å². The molecular formula is C33H37FN6O2S. The minimum absolute atomic E-state index is 0.0788. The molecule has 5 rings (SSSR count). The van der Waals surface area contributed by atoms with Gasteiger partial charge in [-0.2, -0.15) is 5.10 Å². The summed E-state index contributed by atoms with van der Waals surface area (Å²) in [4.78, 5) is 36.2. The van der Waals surface area contributed by atoms with Crippen LogP contribution in [0.2, 0.25) is 0 Å². The SMILES string of the molecule is CCC(C)C(/C=C1\CN(C)CCN1C)=Nc1cc(-c2ccc(F)c(NC(=O)c3cc4ccccc4s3)c2C)nn(C)c1=O. The van der Waals surface area contributed by atoms with Gasteiger partial charge in [-0.15, -0.1) is 11.3 Å². The van der Waals surface area contributed by atoms with Crippen LogP contribution >= 0.6 is 11.3 Å². The molecular weight excluding hydrogens is 563 g/mol. The van der Waals surface area contributed by atoms with Gasteiger partial charge in [0.2, 0.25) is 0 Å². The number of piperazine rings is 1. The lowest BCUT2D eigenvalue weighted by Crippen LogP contribution is -2.41. The molecule has 1 amide bonds. The van der Waals surface area contributed by atoms with E-state index in [1.165, 1.54) is 22.1 Å². The Labute approximate surface area is 255 Å². The Kier molecular flexibility index (Phi) is 8.89. The van der Waals surface area contributed by atoms with Crippen molar-refractivity contribution in [3.63, 3.8) is 0 Å². The van der Waals surface area contributed by atoms with Crippen molar-refractivity contribution in [1.82, 2.24) is 19.6 Å². The summed E-state index contributed by atoms with van der Waals surface area (Å²) in [5.41, 5.74) is 3.54. The third kappa shape index (κ3) is 6.45. The smallest absolute Gasteiger partial charge is 0.292 e. The number of likely N-dealkylation sites (N-methyl/N-ethyl adjacent to an activating group) is 2.